The topological polar surface area (TPSA) is 131 Å². The second kappa shape index (κ2) is 20.9. The Labute approximate surface area is 279 Å². The zero-order valence-electron chi connectivity index (χ0n) is 26.5. The number of hydrogen-bond acceptors (Lipinski definition) is 9. The van der Waals surface area contributed by atoms with Crippen LogP contribution in [-0.4, -0.2) is 43.3 Å². The van der Waals surface area contributed by atoms with Crippen molar-refractivity contribution in [2.45, 2.75) is 51.4 Å². The van der Waals surface area contributed by atoms with Crippen LogP contribution in [0.2, 0.25) is 0 Å². The van der Waals surface area contributed by atoms with E-state index in [9.17, 15) is 14.4 Å². The molecular weight excluding hydrogens is 616 g/mol. The van der Waals surface area contributed by atoms with Crippen LogP contribution in [0, 0.1) is 0 Å². The summed E-state index contributed by atoms with van der Waals surface area (Å²) in [6.07, 6.45) is -0.162. The fourth-order valence-corrected chi connectivity index (χ4v) is 4.32. The molecule has 0 aliphatic heterocycles. The summed E-state index contributed by atoms with van der Waals surface area (Å²) in [6, 6.07) is 34.5. The number of benzene rings is 4. The molecule has 4 rings (SSSR count). The predicted molar refractivity (Wildman–Crippen MR) is 175 cm³/mol. The van der Waals surface area contributed by atoms with Gasteiger partial charge in [-0.25, -0.2) is 29.1 Å². The lowest BCUT2D eigenvalue weighted by Crippen LogP contribution is -2.51. The normalized spacial score (nSPS) is 12.0. The van der Waals surface area contributed by atoms with Gasteiger partial charge < -0.3 is 20.1 Å². The van der Waals surface area contributed by atoms with Crippen LogP contribution in [-0.2, 0) is 65.0 Å². The first-order chi connectivity index (χ1) is 23.5. The first-order valence-corrected chi connectivity index (χ1v) is 15.6. The highest BCUT2D eigenvalue weighted by atomic mass is 17.2. The standard InChI is InChI=1S/C37H40N2O9/c40-35(43-24-29-13-5-1-6-14-29)23-34(36(41)44-25-30-15-7-2-8-16-30)39-37(42)38-33(28-48-47-27-32-19-11-4-12-20-32)21-22-45-46-26-31-17-9-3-10-18-31/h1-20,33-34H,21-28H2,(H2,38,39,42)/t33-,34-/m0/s1. The minimum Gasteiger partial charge on any atom is -0.461 e. The molecule has 0 saturated heterocycles. The van der Waals surface area contributed by atoms with E-state index < -0.39 is 36.5 Å². The molecule has 2 N–H and O–H groups in total. The largest absolute Gasteiger partial charge is 0.461 e. The molecule has 0 bridgehead atoms. The summed E-state index contributed by atoms with van der Waals surface area (Å²) in [7, 11) is 0. The van der Waals surface area contributed by atoms with Gasteiger partial charge in [0.2, 0.25) is 0 Å². The number of carbonyl (C=O) groups is 3. The summed E-state index contributed by atoms with van der Waals surface area (Å²) in [5, 5.41) is 5.32. The van der Waals surface area contributed by atoms with Gasteiger partial charge in [0, 0.05) is 0 Å². The number of ether oxygens (including phenoxy) is 2. The fraction of sp³-hybridized carbons (Fsp3) is 0.270. The first-order valence-electron chi connectivity index (χ1n) is 15.6. The van der Waals surface area contributed by atoms with Crippen LogP contribution < -0.4 is 10.6 Å². The SMILES string of the molecule is O=C(N[C@@H](CCOOCc1ccccc1)COOCc1ccccc1)N[C@@H](CC(=O)OCc1ccccc1)C(=O)OCc1ccccc1. The molecule has 0 aliphatic carbocycles. The number of carbonyl (C=O) groups excluding carboxylic acids is 3. The second-order valence-electron chi connectivity index (χ2n) is 10.7. The Hall–Kier alpha value is -5.07. The summed E-state index contributed by atoms with van der Waals surface area (Å²) in [5.41, 5.74) is 3.39. The predicted octanol–water partition coefficient (Wildman–Crippen LogP) is 5.59. The Kier molecular flexibility index (Phi) is 15.6. The molecule has 48 heavy (non-hydrogen) atoms. The van der Waals surface area contributed by atoms with E-state index in [1.807, 2.05) is 109 Å². The lowest BCUT2D eigenvalue weighted by Gasteiger charge is -2.21. The number of hydrogen-bond donors (Lipinski definition) is 2. The maximum atomic E-state index is 13.2. The third-order valence-corrected chi connectivity index (χ3v) is 6.88. The average molecular weight is 657 g/mol. The van der Waals surface area contributed by atoms with E-state index in [1.165, 1.54) is 0 Å². The zero-order chi connectivity index (χ0) is 33.7. The van der Waals surface area contributed by atoms with Crippen molar-refractivity contribution in [1.29, 1.82) is 0 Å². The molecule has 11 nitrogen and oxygen atoms in total. The Morgan fingerprint density at radius 3 is 1.50 bits per heavy atom. The highest BCUT2D eigenvalue weighted by Crippen LogP contribution is 2.08. The summed E-state index contributed by atoms with van der Waals surface area (Å²) in [4.78, 5) is 60.4. The molecule has 2 atom stereocenters. The van der Waals surface area contributed by atoms with Crippen LogP contribution in [0.4, 0.5) is 4.79 Å². The van der Waals surface area contributed by atoms with E-state index in [0.29, 0.717) is 0 Å². The molecule has 0 aromatic heterocycles. The number of amides is 2. The van der Waals surface area contributed by atoms with Gasteiger partial charge in [0.25, 0.3) is 0 Å². The Morgan fingerprint density at radius 2 is 0.979 bits per heavy atom. The Balaban J connectivity index is 1.32. The Morgan fingerprint density at radius 1 is 0.521 bits per heavy atom. The van der Waals surface area contributed by atoms with Gasteiger partial charge in [-0.2, -0.15) is 0 Å². The third-order valence-electron chi connectivity index (χ3n) is 6.88. The van der Waals surface area contributed by atoms with E-state index in [2.05, 4.69) is 10.6 Å². The first kappa shape index (κ1) is 35.8. The van der Waals surface area contributed by atoms with Crippen LogP contribution >= 0.6 is 0 Å². The van der Waals surface area contributed by atoms with Gasteiger partial charge in [0.15, 0.2) is 0 Å². The molecule has 0 spiro atoms. The molecule has 0 aliphatic rings. The van der Waals surface area contributed by atoms with Gasteiger partial charge in [-0.1, -0.05) is 121 Å². The zero-order valence-corrected chi connectivity index (χ0v) is 26.5. The lowest BCUT2D eigenvalue weighted by molar-refractivity contribution is -0.315. The van der Waals surface area contributed by atoms with Crippen molar-refractivity contribution < 1.29 is 43.4 Å². The van der Waals surface area contributed by atoms with Crippen molar-refractivity contribution in [3.8, 4) is 0 Å². The van der Waals surface area contributed by atoms with E-state index >= 15 is 0 Å². The number of nitrogens with one attached hydrogen (secondary N) is 2. The molecule has 0 heterocycles. The molecular formula is C37H40N2O9. The summed E-state index contributed by atoms with van der Waals surface area (Å²) in [6.45, 7) is 0.527. The van der Waals surface area contributed by atoms with Crippen LogP contribution in [0.3, 0.4) is 0 Å². The van der Waals surface area contributed by atoms with Crippen LogP contribution in [0.5, 0.6) is 0 Å². The van der Waals surface area contributed by atoms with Gasteiger partial charge in [-0.15, -0.1) is 0 Å². The monoisotopic (exact) mass is 656 g/mol. The molecule has 0 radical (unpaired) electrons. The second-order valence-corrected chi connectivity index (χ2v) is 10.7. The van der Waals surface area contributed by atoms with Crippen molar-refractivity contribution in [3.05, 3.63) is 144 Å². The number of urea groups is 1. The minimum atomic E-state index is -1.32. The van der Waals surface area contributed by atoms with Crippen LogP contribution in [0.1, 0.15) is 35.1 Å². The molecule has 11 heteroatoms. The van der Waals surface area contributed by atoms with Gasteiger partial charge in [0.1, 0.15) is 39.1 Å². The van der Waals surface area contributed by atoms with Crippen LogP contribution in [0.15, 0.2) is 121 Å². The summed E-state index contributed by atoms with van der Waals surface area (Å²) < 4.78 is 10.8. The maximum absolute atomic E-state index is 13.2. The maximum Gasteiger partial charge on any atom is 0.329 e. The van der Waals surface area contributed by atoms with Crippen molar-refractivity contribution in [3.63, 3.8) is 0 Å². The quantitative estimate of drug-likeness (QED) is 0.0541. The minimum absolute atomic E-state index is 0.0202. The molecule has 4 aromatic rings. The molecule has 0 unspecified atom stereocenters. The highest BCUT2D eigenvalue weighted by Gasteiger charge is 2.27. The molecule has 2 amide bonds. The van der Waals surface area contributed by atoms with Gasteiger partial charge in [-0.05, 0) is 28.7 Å². The van der Waals surface area contributed by atoms with Crippen LogP contribution in [0.25, 0.3) is 0 Å². The smallest absolute Gasteiger partial charge is 0.329 e. The number of esters is 2. The van der Waals surface area contributed by atoms with E-state index in [1.54, 1.807) is 12.1 Å². The molecule has 4 aromatic carbocycles. The molecule has 0 fully saturated rings. The van der Waals surface area contributed by atoms with Gasteiger partial charge in [0.05, 0.1) is 19.1 Å². The number of rotatable bonds is 20. The van der Waals surface area contributed by atoms with Crippen molar-refractivity contribution in [2.75, 3.05) is 13.2 Å². The Bertz CT molecular complexity index is 1490. The fourth-order valence-electron chi connectivity index (χ4n) is 4.32. The molecule has 0 saturated carbocycles. The van der Waals surface area contributed by atoms with Crippen molar-refractivity contribution >= 4 is 18.0 Å². The highest BCUT2D eigenvalue weighted by molar-refractivity contribution is 5.87. The lowest BCUT2D eigenvalue weighted by atomic mass is 10.2. The third kappa shape index (κ3) is 14.1. The van der Waals surface area contributed by atoms with Crippen molar-refractivity contribution in [2.24, 2.45) is 0 Å². The summed E-state index contributed by atoms with van der Waals surface area (Å²) >= 11 is 0. The molecule has 252 valence electrons. The van der Waals surface area contributed by atoms with Gasteiger partial charge in [-0.3, -0.25) is 4.79 Å². The van der Waals surface area contributed by atoms with E-state index in [4.69, 9.17) is 29.0 Å². The van der Waals surface area contributed by atoms with Gasteiger partial charge >= 0.3 is 18.0 Å². The average Bonchev–Trinajstić information content (AvgIpc) is 3.12. The van der Waals surface area contributed by atoms with E-state index in [0.717, 1.165) is 22.3 Å². The van der Waals surface area contributed by atoms with E-state index in [-0.39, 0.29) is 46.1 Å². The summed E-state index contributed by atoms with van der Waals surface area (Å²) in [5.74, 6) is -1.47. The van der Waals surface area contributed by atoms with Crippen molar-refractivity contribution in [1.82, 2.24) is 10.6 Å².